The lowest BCUT2D eigenvalue weighted by atomic mass is 9.72. The van der Waals surface area contributed by atoms with E-state index in [1.54, 1.807) is 0 Å². The first-order valence-corrected chi connectivity index (χ1v) is 10.6. The smallest absolute Gasteiger partial charge is 0.317 e. The van der Waals surface area contributed by atoms with Gasteiger partial charge in [-0.15, -0.1) is 10.2 Å². The van der Waals surface area contributed by atoms with Gasteiger partial charge >= 0.3 is 6.03 Å². The minimum absolute atomic E-state index is 0.0679. The second-order valence-corrected chi connectivity index (χ2v) is 9.12. The molecule has 150 valence electrons. The van der Waals surface area contributed by atoms with Gasteiger partial charge in [0.15, 0.2) is 0 Å². The molecule has 0 radical (unpaired) electrons. The third-order valence-electron chi connectivity index (χ3n) is 6.73. The number of amides is 2. The van der Waals surface area contributed by atoms with Gasteiger partial charge in [-0.3, -0.25) is 4.90 Å². The average Bonchev–Trinajstić information content (AvgIpc) is 3.37. The summed E-state index contributed by atoms with van der Waals surface area (Å²) in [4.78, 5) is 17.3. The van der Waals surface area contributed by atoms with Crippen LogP contribution in [-0.4, -0.2) is 64.8 Å². The van der Waals surface area contributed by atoms with Gasteiger partial charge in [0.25, 0.3) is 0 Å². The van der Waals surface area contributed by atoms with Crippen molar-refractivity contribution in [3.05, 3.63) is 11.8 Å². The zero-order valence-corrected chi connectivity index (χ0v) is 16.9. The Balaban J connectivity index is 1.52. The lowest BCUT2D eigenvalue weighted by molar-refractivity contribution is 0.116. The number of nitrogens with zero attached hydrogens (tertiary/aromatic N) is 4. The Morgan fingerprint density at radius 3 is 2.74 bits per heavy atom. The normalized spacial score (nSPS) is 29.5. The van der Waals surface area contributed by atoms with Gasteiger partial charge in [-0.1, -0.05) is 26.7 Å². The molecule has 7 nitrogen and oxygen atoms in total. The van der Waals surface area contributed by atoms with Crippen LogP contribution in [-0.2, 0) is 5.41 Å². The van der Waals surface area contributed by atoms with Crippen LogP contribution < -0.4 is 5.32 Å². The van der Waals surface area contributed by atoms with Crippen LogP contribution in [0.5, 0.6) is 0 Å². The van der Waals surface area contributed by atoms with E-state index in [0.29, 0.717) is 23.8 Å². The number of carbonyl (C=O) groups excluding carboxylic acids is 1. The molecule has 0 aromatic carbocycles. The summed E-state index contributed by atoms with van der Waals surface area (Å²) in [7, 11) is 0. The van der Waals surface area contributed by atoms with Crippen LogP contribution in [0, 0.1) is 18.8 Å². The molecule has 4 rings (SSSR count). The molecule has 1 aromatic rings. The molecular formula is C20H33N5O2. The first-order valence-electron chi connectivity index (χ1n) is 10.6. The molecular weight excluding hydrogens is 342 g/mol. The molecule has 0 spiro atoms. The number of aryl methyl sites for hydroxylation is 1. The summed E-state index contributed by atoms with van der Waals surface area (Å²) in [6.07, 6.45) is 6.16. The molecule has 3 heterocycles. The molecule has 3 fully saturated rings. The zero-order valence-electron chi connectivity index (χ0n) is 16.9. The predicted octanol–water partition coefficient (Wildman–Crippen LogP) is 2.56. The maximum Gasteiger partial charge on any atom is 0.317 e. The van der Waals surface area contributed by atoms with E-state index in [-0.39, 0.29) is 11.4 Å². The standard InChI is InChI=1S/C20H33N5O2/c1-14(2)10-21-19(26)24-9-8-20(18-23-22-15(3)27-18)13-25(12-16(20)11-24)17-6-4-5-7-17/h14,16-17H,4-13H2,1-3H3,(H,21,26)/t16-,20-/m0/s1. The van der Waals surface area contributed by atoms with Crippen molar-refractivity contribution >= 4 is 6.03 Å². The van der Waals surface area contributed by atoms with E-state index >= 15 is 0 Å². The Kier molecular flexibility index (Phi) is 5.14. The fraction of sp³-hybridized carbons (Fsp3) is 0.850. The fourth-order valence-corrected chi connectivity index (χ4v) is 5.20. The highest BCUT2D eigenvalue weighted by molar-refractivity contribution is 5.74. The molecule has 1 N–H and O–H groups in total. The van der Waals surface area contributed by atoms with Crippen molar-refractivity contribution in [2.45, 2.75) is 64.3 Å². The molecule has 1 aliphatic carbocycles. The molecule has 2 saturated heterocycles. The summed E-state index contributed by atoms with van der Waals surface area (Å²) in [6.45, 7) is 10.4. The molecule has 1 aromatic heterocycles. The van der Waals surface area contributed by atoms with E-state index in [9.17, 15) is 4.79 Å². The van der Waals surface area contributed by atoms with E-state index < -0.39 is 0 Å². The van der Waals surface area contributed by atoms with Crippen molar-refractivity contribution in [3.8, 4) is 0 Å². The molecule has 2 aliphatic heterocycles. The summed E-state index contributed by atoms with van der Waals surface area (Å²) < 4.78 is 5.95. The van der Waals surface area contributed by atoms with Crippen molar-refractivity contribution in [3.63, 3.8) is 0 Å². The topological polar surface area (TPSA) is 74.5 Å². The van der Waals surface area contributed by atoms with Gasteiger partial charge in [-0.2, -0.15) is 0 Å². The monoisotopic (exact) mass is 375 g/mol. The molecule has 7 heteroatoms. The maximum absolute atomic E-state index is 12.6. The third-order valence-corrected chi connectivity index (χ3v) is 6.73. The Labute approximate surface area is 161 Å². The summed E-state index contributed by atoms with van der Waals surface area (Å²) in [6, 6.07) is 0.748. The van der Waals surface area contributed by atoms with Gasteiger partial charge in [0.1, 0.15) is 0 Å². The number of rotatable bonds is 4. The highest BCUT2D eigenvalue weighted by Crippen LogP contribution is 2.46. The largest absolute Gasteiger partial charge is 0.425 e. The van der Waals surface area contributed by atoms with Crippen LogP contribution in [0.25, 0.3) is 0 Å². The van der Waals surface area contributed by atoms with Gasteiger partial charge in [0.2, 0.25) is 11.8 Å². The van der Waals surface area contributed by atoms with Crippen LogP contribution in [0.2, 0.25) is 0 Å². The highest BCUT2D eigenvalue weighted by Gasteiger charge is 2.55. The van der Waals surface area contributed by atoms with Crippen molar-refractivity contribution < 1.29 is 9.21 Å². The van der Waals surface area contributed by atoms with Crippen LogP contribution in [0.15, 0.2) is 4.42 Å². The summed E-state index contributed by atoms with van der Waals surface area (Å²) in [5, 5.41) is 11.6. The Hall–Kier alpha value is -1.63. The van der Waals surface area contributed by atoms with E-state index in [0.717, 1.165) is 45.0 Å². The van der Waals surface area contributed by atoms with Crippen molar-refractivity contribution in [2.24, 2.45) is 11.8 Å². The van der Waals surface area contributed by atoms with E-state index in [4.69, 9.17) is 4.42 Å². The molecule has 27 heavy (non-hydrogen) atoms. The SMILES string of the molecule is Cc1nnc([C@]23CCN(C(=O)NCC(C)C)C[C@H]2CN(C2CCCC2)C3)o1. The molecule has 2 atom stereocenters. The Morgan fingerprint density at radius 1 is 1.30 bits per heavy atom. The number of carbonyl (C=O) groups is 1. The number of fused-ring (bicyclic) bond motifs is 1. The second-order valence-electron chi connectivity index (χ2n) is 9.12. The Bertz CT molecular complexity index is 669. The third kappa shape index (κ3) is 3.58. The van der Waals surface area contributed by atoms with Gasteiger partial charge < -0.3 is 14.6 Å². The maximum atomic E-state index is 12.6. The summed E-state index contributed by atoms with van der Waals surface area (Å²) >= 11 is 0. The van der Waals surface area contributed by atoms with E-state index in [2.05, 4.69) is 34.3 Å². The number of hydrogen-bond donors (Lipinski definition) is 1. The second kappa shape index (κ2) is 7.41. The average molecular weight is 376 g/mol. The summed E-state index contributed by atoms with van der Waals surface area (Å²) in [5.41, 5.74) is -0.0985. The minimum atomic E-state index is -0.0985. The zero-order chi connectivity index (χ0) is 19.0. The number of likely N-dealkylation sites (tertiary alicyclic amines) is 2. The molecule has 3 aliphatic rings. The first kappa shape index (κ1) is 18.7. The van der Waals surface area contributed by atoms with Crippen LogP contribution in [0.4, 0.5) is 4.79 Å². The van der Waals surface area contributed by atoms with Gasteiger partial charge in [0, 0.05) is 51.6 Å². The van der Waals surface area contributed by atoms with Crippen LogP contribution >= 0.6 is 0 Å². The van der Waals surface area contributed by atoms with Gasteiger partial charge in [0.05, 0.1) is 5.41 Å². The lowest BCUT2D eigenvalue weighted by Crippen LogP contribution is -2.54. The molecule has 0 unspecified atom stereocenters. The van der Waals surface area contributed by atoms with Gasteiger partial charge in [-0.05, 0) is 25.2 Å². The predicted molar refractivity (Wildman–Crippen MR) is 102 cm³/mol. The summed E-state index contributed by atoms with van der Waals surface area (Å²) in [5.74, 6) is 2.24. The lowest BCUT2D eigenvalue weighted by Gasteiger charge is -2.41. The number of piperidine rings is 1. The van der Waals surface area contributed by atoms with E-state index in [1.165, 1.54) is 25.7 Å². The number of hydrogen-bond acceptors (Lipinski definition) is 5. The Morgan fingerprint density at radius 2 is 2.07 bits per heavy atom. The van der Waals surface area contributed by atoms with Crippen LogP contribution in [0.1, 0.15) is 57.7 Å². The first-order chi connectivity index (χ1) is 13.0. The molecule has 0 bridgehead atoms. The molecule has 2 amide bonds. The number of urea groups is 1. The van der Waals surface area contributed by atoms with Gasteiger partial charge in [-0.25, -0.2) is 4.79 Å². The quantitative estimate of drug-likeness (QED) is 0.875. The minimum Gasteiger partial charge on any atom is -0.425 e. The fourth-order valence-electron chi connectivity index (χ4n) is 5.20. The highest BCUT2D eigenvalue weighted by atomic mass is 16.4. The number of aromatic nitrogens is 2. The van der Waals surface area contributed by atoms with E-state index in [1.807, 2.05) is 11.8 Å². The van der Waals surface area contributed by atoms with Crippen molar-refractivity contribution in [2.75, 3.05) is 32.7 Å². The van der Waals surface area contributed by atoms with Crippen molar-refractivity contribution in [1.82, 2.24) is 25.3 Å². The van der Waals surface area contributed by atoms with Crippen molar-refractivity contribution in [1.29, 1.82) is 0 Å². The number of nitrogens with one attached hydrogen (secondary N) is 1. The molecule has 1 saturated carbocycles. The van der Waals surface area contributed by atoms with Crippen LogP contribution in [0.3, 0.4) is 0 Å².